The Hall–Kier alpha value is -1.46. The van der Waals surface area contributed by atoms with E-state index in [1.807, 2.05) is 0 Å². The fraction of sp³-hybridized carbons (Fsp3) is 0.429. The molecule has 0 saturated carbocycles. The summed E-state index contributed by atoms with van der Waals surface area (Å²) in [6.45, 7) is 1.98. The zero-order chi connectivity index (χ0) is 16.0. The first-order valence-electron chi connectivity index (χ1n) is 6.39. The Morgan fingerprint density at radius 1 is 1.33 bits per heavy atom. The summed E-state index contributed by atoms with van der Waals surface area (Å²) in [4.78, 5) is 24.0. The number of benzene rings is 1. The summed E-state index contributed by atoms with van der Waals surface area (Å²) < 4.78 is 5.51. The molecule has 1 aromatic rings. The molecule has 0 aliphatic heterocycles. The second kappa shape index (κ2) is 8.10. The second-order valence-electron chi connectivity index (χ2n) is 4.59. The van der Waals surface area contributed by atoms with Gasteiger partial charge in [-0.3, -0.25) is 9.59 Å². The van der Waals surface area contributed by atoms with Crippen molar-refractivity contribution in [2.75, 3.05) is 13.6 Å². The third-order valence-corrected chi connectivity index (χ3v) is 3.55. The number of ether oxygens (including phenoxy) is 1. The highest BCUT2D eigenvalue weighted by Crippen LogP contribution is 2.26. The lowest BCUT2D eigenvalue weighted by atomic mass is 10.2. The van der Waals surface area contributed by atoms with Crippen molar-refractivity contribution >= 4 is 35.1 Å². The monoisotopic (exact) mass is 333 g/mol. The first-order valence-corrected chi connectivity index (χ1v) is 7.15. The predicted octanol–water partition coefficient (Wildman–Crippen LogP) is 3.08. The van der Waals surface area contributed by atoms with Gasteiger partial charge in [-0.25, -0.2) is 0 Å². The third kappa shape index (κ3) is 5.81. The van der Waals surface area contributed by atoms with Gasteiger partial charge in [0, 0.05) is 26.1 Å². The Balaban J connectivity index is 2.53. The van der Waals surface area contributed by atoms with E-state index in [1.165, 1.54) is 11.0 Å². The van der Waals surface area contributed by atoms with Crippen LogP contribution in [0.3, 0.4) is 0 Å². The van der Waals surface area contributed by atoms with Crippen LogP contribution in [0.4, 0.5) is 0 Å². The van der Waals surface area contributed by atoms with Gasteiger partial charge in [-0.05, 0) is 25.5 Å². The Labute approximate surface area is 133 Å². The summed E-state index contributed by atoms with van der Waals surface area (Å²) in [6.07, 6.45) is -0.270. The van der Waals surface area contributed by atoms with Crippen molar-refractivity contribution < 1.29 is 19.4 Å². The molecule has 0 aliphatic carbocycles. The van der Waals surface area contributed by atoms with E-state index in [2.05, 4.69) is 0 Å². The highest BCUT2D eigenvalue weighted by Gasteiger charge is 2.19. The second-order valence-corrected chi connectivity index (χ2v) is 5.41. The SMILES string of the molecule is CC(Oc1ccc(Cl)c(Cl)c1)C(=O)N(C)CCCC(=O)O. The van der Waals surface area contributed by atoms with Crippen molar-refractivity contribution in [1.82, 2.24) is 4.90 Å². The molecule has 0 radical (unpaired) electrons. The van der Waals surface area contributed by atoms with Gasteiger partial charge in [0.2, 0.25) is 0 Å². The fourth-order valence-corrected chi connectivity index (χ4v) is 1.98. The van der Waals surface area contributed by atoms with Crippen molar-refractivity contribution in [3.63, 3.8) is 0 Å². The number of carboxylic acid groups (broad SMARTS) is 1. The van der Waals surface area contributed by atoms with Gasteiger partial charge in [0.15, 0.2) is 6.10 Å². The van der Waals surface area contributed by atoms with Crippen molar-refractivity contribution in [3.05, 3.63) is 28.2 Å². The minimum absolute atomic E-state index is 0.0274. The van der Waals surface area contributed by atoms with Crippen LogP contribution >= 0.6 is 23.2 Å². The smallest absolute Gasteiger partial charge is 0.303 e. The molecule has 1 amide bonds. The van der Waals surface area contributed by atoms with Gasteiger partial charge < -0.3 is 14.7 Å². The van der Waals surface area contributed by atoms with Crippen LogP contribution < -0.4 is 4.74 Å². The van der Waals surface area contributed by atoms with Gasteiger partial charge in [-0.1, -0.05) is 23.2 Å². The molecule has 0 fully saturated rings. The largest absolute Gasteiger partial charge is 0.481 e. The average molecular weight is 334 g/mol. The zero-order valence-electron chi connectivity index (χ0n) is 11.8. The van der Waals surface area contributed by atoms with E-state index in [-0.39, 0.29) is 12.3 Å². The highest BCUT2D eigenvalue weighted by atomic mass is 35.5. The Morgan fingerprint density at radius 3 is 2.57 bits per heavy atom. The number of carbonyl (C=O) groups is 2. The summed E-state index contributed by atoms with van der Waals surface area (Å²) in [6, 6.07) is 4.76. The van der Waals surface area contributed by atoms with Crippen LogP contribution in [0, 0.1) is 0 Å². The van der Waals surface area contributed by atoms with Gasteiger partial charge in [-0.15, -0.1) is 0 Å². The molecular weight excluding hydrogens is 317 g/mol. The first-order chi connectivity index (χ1) is 9.81. The number of likely N-dealkylation sites (N-methyl/N-ethyl adjacent to an activating group) is 1. The summed E-state index contributed by atoms with van der Waals surface area (Å²) in [5, 5.41) is 9.33. The van der Waals surface area contributed by atoms with E-state index in [4.69, 9.17) is 33.0 Å². The van der Waals surface area contributed by atoms with E-state index in [0.717, 1.165) is 0 Å². The van der Waals surface area contributed by atoms with Gasteiger partial charge in [0.25, 0.3) is 5.91 Å². The van der Waals surface area contributed by atoms with Gasteiger partial charge in [0.1, 0.15) is 5.75 Å². The normalized spacial score (nSPS) is 11.8. The number of amides is 1. The molecule has 0 heterocycles. The molecule has 7 heteroatoms. The predicted molar refractivity (Wildman–Crippen MR) is 81.1 cm³/mol. The lowest BCUT2D eigenvalue weighted by molar-refractivity contribution is -0.139. The van der Waals surface area contributed by atoms with Gasteiger partial charge in [-0.2, -0.15) is 0 Å². The number of halogens is 2. The molecule has 21 heavy (non-hydrogen) atoms. The van der Waals surface area contributed by atoms with Crippen molar-refractivity contribution in [3.8, 4) is 5.75 Å². The van der Waals surface area contributed by atoms with E-state index < -0.39 is 12.1 Å². The van der Waals surface area contributed by atoms with E-state index >= 15 is 0 Å². The molecule has 0 saturated heterocycles. The van der Waals surface area contributed by atoms with Crippen LogP contribution in [-0.2, 0) is 9.59 Å². The minimum atomic E-state index is -0.879. The van der Waals surface area contributed by atoms with Gasteiger partial charge >= 0.3 is 5.97 Å². The summed E-state index contributed by atoms with van der Waals surface area (Å²) in [5.74, 6) is -0.661. The lowest BCUT2D eigenvalue weighted by Crippen LogP contribution is -2.38. The average Bonchev–Trinajstić information content (AvgIpc) is 2.41. The summed E-state index contributed by atoms with van der Waals surface area (Å²) >= 11 is 11.7. The van der Waals surface area contributed by atoms with Crippen LogP contribution in [-0.4, -0.2) is 41.6 Å². The Kier molecular flexibility index (Phi) is 6.78. The molecule has 1 N–H and O–H groups in total. The lowest BCUT2D eigenvalue weighted by Gasteiger charge is -2.22. The quantitative estimate of drug-likeness (QED) is 0.832. The molecule has 5 nitrogen and oxygen atoms in total. The zero-order valence-corrected chi connectivity index (χ0v) is 13.3. The maximum Gasteiger partial charge on any atom is 0.303 e. The van der Waals surface area contributed by atoms with E-state index in [9.17, 15) is 9.59 Å². The molecule has 1 atom stereocenters. The fourth-order valence-electron chi connectivity index (χ4n) is 1.69. The standard InChI is InChI=1S/C14H17Cl2NO4/c1-9(14(20)17(2)7-3-4-13(18)19)21-10-5-6-11(15)12(16)8-10/h5-6,8-9H,3-4,7H2,1-2H3,(H,18,19). The summed E-state index contributed by atoms with van der Waals surface area (Å²) in [7, 11) is 1.61. The molecule has 116 valence electrons. The van der Waals surface area contributed by atoms with E-state index in [0.29, 0.717) is 28.8 Å². The molecule has 1 rings (SSSR count). The number of hydrogen-bond donors (Lipinski definition) is 1. The number of nitrogens with zero attached hydrogens (tertiary/aromatic N) is 1. The number of rotatable bonds is 7. The Morgan fingerprint density at radius 2 is 2.00 bits per heavy atom. The number of aliphatic carboxylic acids is 1. The topological polar surface area (TPSA) is 66.8 Å². The molecule has 0 aromatic heterocycles. The maximum atomic E-state index is 12.1. The van der Waals surface area contributed by atoms with E-state index in [1.54, 1.807) is 26.1 Å². The summed E-state index contributed by atoms with van der Waals surface area (Å²) in [5.41, 5.74) is 0. The molecule has 1 aromatic carbocycles. The number of hydrogen-bond acceptors (Lipinski definition) is 3. The Bertz CT molecular complexity index is 522. The highest BCUT2D eigenvalue weighted by molar-refractivity contribution is 6.42. The van der Waals surface area contributed by atoms with Crippen LogP contribution in [0.5, 0.6) is 5.75 Å². The van der Waals surface area contributed by atoms with Crippen molar-refractivity contribution in [2.24, 2.45) is 0 Å². The molecule has 0 spiro atoms. The first kappa shape index (κ1) is 17.6. The molecular formula is C14H17Cl2NO4. The van der Waals surface area contributed by atoms with Crippen LogP contribution in [0.1, 0.15) is 19.8 Å². The van der Waals surface area contributed by atoms with Crippen molar-refractivity contribution in [1.29, 1.82) is 0 Å². The van der Waals surface area contributed by atoms with Gasteiger partial charge in [0.05, 0.1) is 10.0 Å². The van der Waals surface area contributed by atoms with Crippen LogP contribution in [0.25, 0.3) is 0 Å². The van der Waals surface area contributed by atoms with Crippen molar-refractivity contribution in [2.45, 2.75) is 25.9 Å². The van der Waals surface area contributed by atoms with Crippen LogP contribution in [0.15, 0.2) is 18.2 Å². The minimum Gasteiger partial charge on any atom is -0.481 e. The molecule has 0 bridgehead atoms. The molecule has 0 aliphatic rings. The molecule has 1 unspecified atom stereocenters. The van der Waals surface area contributed by atoms with Crippen LogP contribution in [0.2, 0.25) is 10.0 Å². The number of carbonyl (C=O) groups excluding carboxylic acids is 1. The third-order valence-electron chi connectivity index (χ3n) is 2.81. The maximum absolute atomic E-state index is 12.1. The number of carboxylic acids is 1.